The van der Waals surface area contributed by atoms with Crippen molar-refractivity contribution >= 4 is 5.91 Å². The Bertz CT molecular complexity index is 701. The first-order chi connectivity index (χ1) is 11.7. The maximum atomic E-state index is 12.6. The maximum Gasteiger partial charge on any atom is 0.246 e. The molecular formula is C17H22N4O3. The zero-order valence-corrected chi connectivity index (χ0v) is 14.0. The number of nitrogens with zero attached hydrogens (tertiary/aromatic N) is 3. The Morgan fingerprint density at radius 2 is 2.21 bits per heavy atom. The number of ether oxygens (including phenoxy) is 1. The van der Waals surface area contributed by atoms with E-state index in [2.05, 4.69) is 27.6 Å². The highest BCUT2D eigenvalue weighted by Gasteiger charge is 2.27. The normalized spacial score (nSPS) is 16.7. The van der Waals surface area contributed by atoms with Crippen LogP contribution in [0.4, 0.5) is 0 Å². The molecule has 0 fully saturated rings. The standard InChI is InChI=1S/C17H22N4O3/c1-21(11-16-19-15(20-24-16)7-8-23-2)17(22)14-9-12-5-3-4-6-13(12)10-18-14/h3-6,14,18H,7-11H2,1-2H3/t14-/m1/s1. The summed E-state index contributed by atoms with van der Waals surface area (Å²) in [5, 5.41) is 7.19. The van der Waals surface area contributed by atoms with E-state index in [1.54, 1.807) is 19.1 Å². The van der Waals surface area contributed by atoms with Crippen LogP contribution < -0.4 is 5.32 Å². The van der Waals surface area contributed by atoms with Gasteiger partial charge < -0.3 is 19.5 Å². The average Bonchev–Trinajstić information content (AvgIpc) is 3.06. The maximum absolute atomic E-state index is 12.6. The highest BCUT2D eigenvalue weighted by atomic mass is 16.5. The van der Waals surface area contributed by atoms with Crippen LogP contribution in [0.3, 0.4) is 0 Å². The number of nitrogens with one attached hydrogen (secondary N) is 1. The van der Waals surface area contributed by atoms with E-state index in [0.29, 0.717) is 44.3 Å². The van der Waals surface area contributed by atoms with E-state index >= 15 is 0 Å². The summed E-state index contributed by atoms with van der Waals surface area (Å²) in [6.45, 7) is 1.56. The van der Waals surface area contributed by atoms with Crippen LogP contribution in [0.2, 0.25) is 0 Å². The van der Waals surface area contributed by atoms with Crippen molar-refractivity contribution in [3.63, 3.8) is 0 Å². The first kappa shape index (κ1) is 16.6. The monoisotopic (exact) mass is 330 g/mol. The molecule has 0 saturated heterocycles. The smallest absolute Gasteiger partial charge is 0.246 e. The second-order valence-electron chi connectivity index (χ2n) is 5.95. The molecule has 24 heavy (non-hydrogen) atoms. The van der Waals surface area contributed by atoms with Crippen LogP contribution in [-0.4, -0.2) is 47.8 Å². The summed E-state index contributed by atoms with van der Waals surface area (Å²) in [6, 6.07) is 7.98. The lowest BCUT2D eigenvalue weighted by atomic mass is 9.95. The summed E-state index contributed by atoms with van der Waals surface area (Å²) >= 11 is 0. The van der Waals surface area contributed by atoms with E-state index in [1.165, 1.54) is 11.1 Å². The highest BCUT2D eigenvalue weighted by Crippen LogP contribution is 2.17. The number of hydrogen-bond donors (Lipinski definition) is 1. The van der Waals surface area contributed by atoms with Gasteiger partial charge in [0.15, 0.2) is 5.82 Å². The van der Waals surface area contributed by atoms with Gasteiger partial charge in [-0.1, -0.05) is 29.4 Å². The SMILES string of the molecule is COCCc1noc(CN(C)C(=O)[C@H]2Cc3ccccc3CN2)n1. The van der Waals surface area contributed by atoms with Crippen molar-refractivity contribution in [2.45, 2.75) is 32.0 Å². The van der Waals surface area contributed by atoms with Crippen molar-refractivity contribution < 1.29 is 14.1 Å². The van der Waals surface area contributed by atoms with Gasteiger partial charge in [0.05, 0.1) is 19.2 Å². The Morgan fingerprint density at radius 1 is 1.42 bits per heavy atom. The van der Waals surface area contributed by atoms with Gasteiger partial charge in [0.25, 0.3) is 0 Å². The predicted molar refractivity (Wildman–Crippen MR) is 87.1 cm³/mol. The van der Waals surface area contributed by atoms with Crippen LogP contribution in [-0.2, 0) is 35.5 Å². The van der Waals surface area contributed by atoms with E-state index in [9.17, 15) is 4.79 Å². The molecule has 2 heterocycles. The summed E-state index contributed by atoms with van der Waals surface area (Å²) < 4.78 is 10.2. The fourth-order valence-electron chi connectivity index (χ4n) is 2.83. The highest BCUT2D eigenvalue weighted by molar-refractivity contribution is 5.82. The molecule has 1 aromatic heterocycles. The summed E-state index contributed by atoms with van der Waals surface area (Å²) in [6.07, 6.45) is 1.29. The van der Waals surface area contributed by atoms with Crippen LogP contribution in [0.1, 0.15) is 22.8 Å². The summed E-state index contributed by atoms with van der Waals surface area (Å²) in [7, 11) is 3.38. The van der Waals surface area contributed by atoms with Gasteiger partial charge >= 0.3 is 0 Å². The van der Waals surface area contributed by atoms with Gasteiger partial charge in [0.1, 0.15) is 0 Å². The molecule has 1 amide bonds. The topological polar surface area (TPSA) is 80.5 Å². The number of aromatic nitrogens is 2. The molecule has 2 aromatic rings. The number of carbonyl (C=O) groups is 1. The molecule has 0 unspecified atom stereocenters. The summed E-state index contributed by atoms with van der Waals surface area (Å²) in [4.78, 5) is 18.5. The Morgan fingerprint density at radius 3 is 3.00 bits per heavy atom. The molecule has 0 bridgehead atoms. The quantitative estimate of drug-likeness (QED) is 0.849. The minimum Gasteiger partial charge on any atom is -0.384 e. The second-order valence-corrected chi connectivity index (χ2v) is 5.95. The zero-order chi connectivity index (χ0) is 16.9. The third-order valence-corrected chi connectivity index (χ3v) is 4.17. The third-order valence-electron chi connectivity index (χ3n) is 4.17. The molecule has 7 nitrogen and oxygen atoms in total. The number of benzene rings is 1. The van der Waals surface area contributed by atoms with E-state index in [-0.39, 0.29) is 11.9 Å². The summed E-state index contributed by atoms with van der Waals surface area (Å²) in [5.41, 5.74) is 2.48. The molecule has 1 aromatic carbocycles. The van der Waals surface area contributed by atoms with Gasteiger partial charge in [-0.2, -0.15) is 4.98 Å². The molecule has 1 atom stereocenters. The molecular weight excluding hydrogens is 308 g/mol. The van der Waals surface area contributed by atoms with Crippen molar-refractivity contribution in [3.8, 4) is 0 Å². The van der Waals surface area contributed by atoms with E-state index in [4.69, 9.17) is 9.26 Å². The molecule has 3 rings (SSSR count). The average molecular weight is 330 g/mol. The number of hydrogen-bond acceptors (Lipinski definition) is 6. The van der Waals surface area contributed by atoms with Gasteiger partial charge in [-0.05, 0) is 17.5 Å². The first-order valence-corrected chi connectivity index (χ1v) is 8.03. The van der Waals surface area contributed by atoms with Gasteiger partial charge in [-0.3, -0.25) is 4.79 Å². The number of rotatable bonds is 6. The minimum atomic E-state index is -0.221. The fourth-order valence-corrected chi connectivity index (χ4v) is 2.83. The lowest BCUT2D eigenvalue weighted by Crippen LogP contribution is -2.48. The van der Waals surface area contributed by atoms with E-state index < -0.39 is 0 Å². The van der Waals surface area contributed by atoms with Gasteiger partial charge in [0, 0.05) is 27.1 Å². The molecule has 0 radical (unpaired) electrons. The Labute approximate surface area is 141 Å². The second kappa shape index (κ2) is 7.55. The van der Waals surface area contributed by atoms with E-state index in [1.807, 2.05) is 12.1 Å². The van der Waals surface area contributed by atoms with Crippen LogP contribution in [0, 0.1) is 0 Å². The fraction of sp³-hybridized carbons (Fsp3) is 0.471. The van der Waals surface area contributed by atoms with Crippen LogP contribution in [0.15, 0.2) is 28.8 Å². The number of fused-ring (bicyclic) bond motifs is 1. The lowest BCUT2D eigenvalue weighted by Gasteiger charge is -2.28. The molecule has 128 valence electrons. The number of carbonyl (C=O) groups excluding carboxylic acids is 1. The van der Waals surface area contributed by atoms with Crippen molar-refractivity contribution in [2.75, 3.05) is 20.8 Å². The van der Waals surface area contributed by atoms with Crippen molar-refractivity contribution in [1.82, 2.24) is 20.4 Å². The molecule has 0 aliphatic carbocycles. The van der Waals surface area contributed by atoms with Crippen molar-refractivity contribution in [1.29, 1.82) is 0 Å². The molecule has 1 N–H and O–H groups in total. The predicted octanol–water partition coefficient (Wildman–Crippen LogP) is 0.931. The molecule has 7 heteroatoms. The molecule has 0 saturated carbocycles. The van der Waals surface area contributed by atoms with Crippen LogP contribution in [0.25, 0.3) is 0 Å². The lowest BCUT2D eigenvalue weighted by molar-refractivity contribution is -0.133. The van der Waals surface area contributed by atoms with Gasteiger partial charge in [0.2, 0.25) is 11.8 Å². The van der Waals surface area contributed by atoms with Crippen LogP contribution in [0.5, 0.6) is 0 Å². The number of methoxy groups -OCH3 is 1. The third kappa shape index (κ3) is 3.80. The molecule has 1 aliphatic rings. The number of amides is 1. The number of likely N-dealkylation sites (N-methyl/N-ethyl adjacent to an activating group) is 1. The Balaban J connectivity index is 1.58. The van der Waals surface area contributed by atoms with Gasteiger partial charge in [-0.25, -0.2) is 0 Å². The summed E-state index contributed by atoms with van der Waals surface area (Å²) in [5.74, 6) is 1.06. The van der Waals surface area contributed by atoms with E-state index in [0.717, 1.165) is 0 Å². The molecule has 0 spiro atoms. The Kier molecular flexibility index (Phi) is 5.22. The van der Waals surface area contributed by atoms with Crippen molar-refractivity contribution in [2.24, 2.45) is 0 Å². The first-order valence-electron chi connectivity index (χ1n) is 8.03. The zero-order valence-electron chi connectivity index (χ0n) is 14.0. The van der Waals surface area contributed by atoms with Crippen molar-refractivity contribution in [3.05, 3.63) is 47.1 Å². The van der Waals surface area contributed by atoms with Gasteiger partial charge in [-0.15, -0.1) is 0 Å². The Hall–Kier alpha value is -2.25. The van der Waals surface area contributed by atoms with Crippen LogP contribution >= 0.6 is 0 Å². The minimum absolute atomic E-state index is 0.0288. The molecule has 1 aliphatic heterocycles. The largest absolute Gasteiger partial charge is 0.384 e.